The normalized spacial score (nSPS) is 11.4. The van der Waals surface area contributed by atoms with Crippen molar-refractivity contribution in [1.82, 2.24) is 9.38 Å². The molecule has 0 fully saturated rings. The topological polar surface area (TPSA) is 20.3 Å². The molecule has 0 spiro atoms. The van der Waals surface area contributed by atoms with Gasteiger partial charge in [0.25, 0.3) is 5.91 Å². The van der Waals surface area contributed by atoms with Gasteiger partial charge < -0.3 is 4.90 Å². The number of benzene rings is 1. The van der Waals surface area contributed by atoms with E-state index < -0.39 is 0 Å². The van der Waals surface area contributed by atoms with Crippen molar-refractivity contribution in [1.29, 1.82) is 0 Å². The summed E-state index contributed by atoms with van der Waals surface area (Å²) in [4.78, 5) is 13.9. The largest absolute Gasteiger partial charge is 0.339 e. The summed E-state index contributed by atoms with van der Waals surface area (Å²) in [6.45, 7) is 5.52. The van der Waals surface area contributed by atoms with Crippen LogP contribution in [0.15, 0.2) is 24.3 Å². The summed E-state index contributed by atoms with van der Waals surface area (Å²) in [5.41, 5.74) is 1.96. The molecule has 0 aromatic heterocycles. The van der Waals surface area contributed by atoms with E-state index >= 15 is 0 Å². The Bertz CT molecular complexity index is 372. The number of quaternary nitrogens is 1. The third-order valence-corrected chi connectivity index (χ3v) is 2.94. The molecule has 17 heavy (non-hydrogen) atoms. The van der Waals surface area contributed by atoms with E-state index in [-0.39, 0.29) is 5.91 Å². The minimum Gasteiger partial charge on any atom is -0.339 e. The van der Waals surface area contributed by atoms with E-state index in [0.29, 0.717) is 0 Å². The molecule has 0 heterocycles. The summed E-state index contributed by atoms with van der Waals surface area (Å²) in [5, 5.41) is 0. The van der Waals surface area contributed by atoms with E-state index in [1.807, 2.05) is 43.0 Å². The van der Waals surface area contributed by atoms with Crippen LogP contribution in [0, 0.1) is 0 Å². The highest BCUT2D eigenvalue weighted by Crippen LogP contribution is 2.18. The van der Waals surface area contributed by atoms with Gasteiger partial charge in [-0.2, -0.15) is 0 Å². The Morgan fingerprint density at radius 2 is 1.53 bits per heavy atom. The summed E-state index contributed by atoms with van der Waals surface area (Å²) in [6.07, 6.45) is 0. The molecule has 0 bridgehead atoms. The molecule has 1 aromatic rings. The Balaban J connectivity index is 2.91. The van der Waals surface area contributed by atoms with Gasteiger partial charge in [-0.3, -0.25) is 9.28 Å². The molecule has 0 aliphatic rings. The summed E-state index contributed by atoms with van der Waals surface area (Å²) in [6, 6.07) is 7.88. The second-order valence-electron chi connectivity index (χ2n) is 5.04. The molecule has 3 nitrogen and oxygen atoms in total. The average molecular weight is 235 g/mol. The second kappa shape index (κ2) is 5.32. The van der Waals surface area contributed by atoms with Crippen molar-refractivity contribution in [3.63, 3.8) is 0 Å². The van der Waals surface area contributed by atoms with Crippen LogP contribution in [0.2, 0.25) is 0 Å². The summed E-state index contributed by atoms with van der Waals surface area (Å²) < 4.78 is 0.764. The van der Waals surface area contributed by atoms with Gasteiger partial charge in [-0.15, -0.1) is 0 Å². The van der Waals surface area contributed by atoms with Crippen molar-refractivity contribution in [3.05, 3.63) is 29.8 Å². The highest BCUT2D eigenvalue weighted by Gasteiger charge is 2.15. The van der Waals surface area contributed by atoms with Crippen LogP contribution in [-0.4, -0.2) is 45.0 Å². The second-order valence-corrected chi connectivity index (χ2v) is 5.04. The van der Waals surface area contributed by atoms with Crippen LogP contribution in [0.4, 0.5) is 5.69 Å². The number of hydrogen-bond acceptors (Lipinski definition) is 1. The van der Waals surface area contributed by atoms with Gasteiger partial charge in [-0.25, -0.2) is 0 Å². The first kappa shape index (κ1) is 13.7. The van der Waals surface area contributed by atoms with Gasteiger partial charge in [0.1, 0.15) is 5.69 Å². The molecule has 0 saturated carbocycles. The molecule has 94 valence electrons. The molecule has 0 aliphatic heterocycles. The standard InChI is InChI=1S/C14H23N2O/c1-6-15(7-2)14(17)12-8-10-13(11-9-12)16(3,4)5/h8-11H,6-7H2,1-5H3/q+1. The minimum absolute atomic E-state index is 0.114. The van der Waals surface area contributed by atoms with Gasteiger partial charge in [-0.05, 0) is 38.1 Å². The molecule has 0 N–H and O–H groups in total. The smallest absolute Gasteiger partial charge is 0.253 e. The van der Waals surface area contributed by atoms with Crippen LogP contribution >= 0.6 is 0 Å². The monoisotopic (exact) mass is 235 g/mol. The zero-order chi connectivity index (χ0) is 13.1. The van der Waals surface area contributed by atoms with Crippen molar-refractivity contribution < 1.29 is 4.79 Å². The maximum Gasteiger partial charge on any atom is 0.253 e. The highest BCUT2D eigenvalue weighted by atomic mass is 16.2. The molecule has 0 aliphatic carbocycles. The Morgan fingerprint density at radius 3 is 1.88 bits per heavy atom. The molecule has 0 atom stereocenters. The molecule has 1 aromatic carbocycles. The number of rotatable bonds is 4. The maximum absolute atomic E-state index is 12.1. The van der Waals surface area contributed by atoms with Gasteiger partial charge in [0.05, 0.1) is 21.1 Å². The number of hydrogen-bond donors (Lipinski definition) is 0. The van der Waals surface area contributed by atoms with Crippen LogP contribution < -0.4 is 4.48 Å². The van der Waals surface area contributed by atoms with Gasteiger partial charge in [0.2, 0.25) is 0 Å². The fourth-order valence-electron chi connectivity index (χ4n) is 1.74. The van der Waals surface area contributed by atoms with Gasteiger partial charge in [0, 0.05) is 18.7 Å². The van der Waals surface area contributed by atoms with E-state index in [9.17, 15) is 4.79 Å². The quantitative estimate of drug-likeness (QED) is 0.734. The molecule has 1 amide bonds. The van der Waals surface area contributed by atoms with Crippen molar-refractivity contribution in [3.8, 4) is 0 Å². The van der Waals surface area contributed by atoms with Gasteiger partial charge in [-0.1, -0.05) is 0 Å². The summed E-state index contributed by atoms with van der Waals surface area (Å²) in [5.74, 6) is 0.114. The summed E-state index contributed by atoms with van der Waals surface area (Å²) in [7, 11) is 6.34. The Labute approximate surface area is 104 Å². The molecule has 3 heteroatoms. The lowest BCUT2D eigenvalue weighted by molar-refractivity contribution is 0.0773. The van der Waals surface area contributed by atoms with Crippen molar-refractivity contribution in [2.75, 3.05) is 34.2 Å². The third-order valence-electron chi connectivity index (χ3n) is 2.94. The average Bonchev–Trinajstić information content (AvgIpc) is 2.29. The number of carbonyl (C=O) groups excluding carboxylic acids is 1. The third kappa shape index (κ3) is 3.30. The van der Waals surface area contributed by atoms with Crippen molar-refractivity contribution in [2.24, 2.45) is 0 Å². The van der Waals surface area contributed by atoms with Crippen molar-refractivity contribution >= 4 is 11.6 Å². The predicted molar refractivity (Wildman–Crippen MR) is 73.3 cm³/mol. The van der Waals surface area contributed by atoms with Crippen LogP contribution in [-0.2, 0) is 0 Å². The molecule has 0 radical (unpaired) electrons. The van der Waals surface area contributed by atoms with Crippen LogP contribution in [0.25, 0.3) is 0 Å². The fraction of sp³-hybridized carbons (Fsp3) is 0.500. The van der Waals surface area contributed by atoms with E-state index in [1.54, 1.807) is 0 Å². The Hall–Kier alpha value is -1.35. The van der Waals surface area contributed by atoms with E-state index in [2.05, 4.69) is 21.1 Å². The van der Waals surface area contributed by atoms with Crippen LogP contribution in [0.5, 0.6) is 0 Å². The van der Waals surface area contributed by atoms with Crippen molar-refractivity contribution in [2.45, 2.75) is 13.8 Å². The molecular formula is C14H23N2O+. The minimum atomic E-state index is 0.114. The molecule has 0 saturated heterocycles. The van der Waals surface area contributed by atoms with Gasteiger partial charge >= 0.3 is 0 Å². The first-order valence-electron chi connectivity index (χ1n) is 6.11. The first-order chi connectivity index (χ1) is 7.90. The van der Waals surface area contributed by atoms with Crippen LogP contribution in [0.3, 0.4) is 0 Å². The zero-order valence-corrected chi connectivity index (χ0v) is 11.5. The Morgan fingerprint density at radius 1 is 1.06 bits per heavy atom. The van der Waals surface area contributed by atoms with Crippen LogP contribution in [0.1, 0.15) is 24.2 Å². The molecule has 0 unspecified atom stereocenters. The SMILES string of the molecule is CCN(CC)C(=O)c1ccc([N+](C)(C)C)cc1. The first-order valence-corrected chi connectivity index (χ1v) is 6.11. The predicted octanol–water partition coefficient (Wildman–Crippen LogP) is 2.37. The van der Waals surface area contributed by atoms with E-state index in [0.717, 1.165) is 23.1 Å². The molecule has 1 rings (SSSR count). The van der Waals surface area contributed by atoms with E-state index in [1.165, 1.54) is 5.69 Å². The molecular weight excluding hydrogens is 212 g/mol. The van der Waals surface area contributed by atoms with E-state index in [4.69, 9.17) is 0 Å². The number of carbonyl (C=O) groups is 1. The fourth-order valence-corrected chi connectivity index (χ4v) is 1.74. The number of nitrogens with zero attached hydrogens (tertiary/aromatic N) is 2. The maximum atomic E-state index is 12.1. The summed E-state index contributed by atoms with van der Waals surface area (Å²) >= 11 is 0. The highest BCUT2D eigenvalue weighted by molar-refractivity contribution is 5.94. The number of amides is 1. The Kier molecular flexibility index (Phi) is 4.29. The van der Waals surface area contributed by atoms with Gasteiger partial charge in [0.15, 0.2) is 0 Å². The zero-order valence-electron chi connectivity index (χ0n) is 11.5. The lowest BCUT2D eigenvalue weighted by Gasteiger charge is -2.24. The lowest BCUT2D eigenvalue weighted by atomic mass is 10.1. The lowest BCUT2D eigenvalue weighted by Crippen LogP contribution is -2.35.